The summed E-state index contributed by atoms with van der Waals surface area (Å²) < 4.78 is 6.77. The van der Waals surface area contributed by atoms with Crippen LogP contribution in [0.3, 0.4) is 0 Å². The van der Waals surface area contributed by atoms with Crippen LogP contribution in [0, 0.1) is 0 Å². The van der Waals surface area contributed by atoms with Gasteiger partial charge in [-0.1, -0.05) is 170 Å². The van der Waals surface area contributed by atoms with E-state index in [1.54, 1.807) is 0 Å². The molecule has 0 N–H and O–H groups in total. The highest BCUT2D eigenvalue weighted by Crippen LogP contribution is 2.43. The van der Waals surface area contributed by atoms with E-state index in [2.05, 4.69) is 146 Å². The summed E-state index contributed by atoms with van der Waals surface area (Å²) in [5, 5.41) is 9.62. The van der Waals surface area contributed by atoms with Gasteiger partial charge in [0.25, 0.3) is 0 Å². The summed E-state index contributed by atoms with van der Waals surface area (Å²) >= 11 is 0. The standard InChI is InChI=1S/C51H31N3O/c1-3-13-32(14-4-1)33-25-27-35(28-26-33)50-52-49(34-15-5-2-6-16-34)53-51(54-50)44-23-11-22-43-47-37(21-12-24-46(47)55-48(43)44)36-29-30-42-40-19-8-7-17-38(40)39-18-9-10-20-41(39)45(42)31-36/h1-31H. The van der Waals surface area contributed by atoms with Crippen LogP contribution in [-0.4, -0.2) is 15.0 Å². The number of hydrogen-bond donors (Lipinski definition) is 0. The molecule has 4 heteroatoms. The van der Waals surface area contributed by atoms with Gasteiger partial charge in [0.2, 0.25) is 0 Å². The molecule has 0 saturated carbocycles. The smallest absolute Gasteiger partial charge is 0.167 e. The van der Waals surface area contributed by atoms with Crippen LogP contribution in [0.25, 0.3) is 111 Å². The van der Waals surface area contributed by atoms with Crippen LogP contribution >= 0.6 is 0 Å². The Bertz CT molecular complexity index is 3210. The first kappa shape index (κ1) is 31.1. The number of benzene rings is 9. The van der Waals surface area contributed by atoms with Crippen molar-refractivity contribution in [2.24, 2.45) is 0 Å². The Morgan fingerprint density at radius 2 is 0.745 bits per heavy atom. The molecule has 0 amide bonds. The van der Waals surface area contributed by atoms with Crippen LogP contribution in [0.1, 0.15) is 0 Å². The zero-order chi connectivity index (χ0) is 36.3. The number of furan rings is 1. The second kappa shape index (κ2) is 12.6. The van der Waals surface area contributed by atoms with Gasteiger partial charge in [-0.3, -0.25) is 0 Å². The van der Waals surface area contributed by atoms with Gasteiger partial charge < -0.3 is 4.42 Å². The molecule has 0 aliphatic heterocycles. The van der Waals surface area contributed by atoms with Crippen molar-refractivity contribution in [1.82, 2.24) is 15.0 Å². The molecule has 2 aromatic heterocycles. The molecule has 11 rings (SSSR count). The first-order chi connectivity index (χ1) is 27.3. The number of nitrogens with zero attached hydrogens (tertiary/aromatic N) is 3. The summed E-state index contributed by atoms with van der Waals surface area (Å²) in [5.74, 6) is 1.77. The van der Waals surface area contributed by atoms with E-state index < -0.39 is 0 Å². The van der Waals surface area contributed by atoms with Crippen molar-refractivity contribution in [2.45, 2.75) is 0 Å². The van der Waals surface area contributed by atoms with Crippen LogP contribution in [0.2, 0.25) is 0 Å². The fourth-order valence-corrected chi connectivity index (χ4v) is 8.12. The maximum absolute atomic E-state index is 6.77. The first-order valence-electron chi connectivity index (χ1n) is 18.5. The zero-order valence-corrected chi connectivity index (χ0v) is 29.6. The lowest BCUT2D eigenvalue weighted by molar-refractivity contribution is 0.669. The second-order valence-electron chi connectivity index (χ2n) is 13.9. The monoisotopic (exact) mass is 701 g/mol. The molecule has 0 saturated heterocycles. The van der Waals surface area contributed by atoms with Gasteiger partial charge in [0.05, 0.1) is 5.56 Å². The maximum atomic E-state index is 6.77. The van der Waals surface area contributed by atoms with Gasteiger partial charge in [-0.2, -0.15) is 0 Å². The molecular weight excluding hydrogens is 671 g/mol. The molecule has 0 spiro atoms. The predicted molar refractivity (Wildman–Crippen MR) is 227 cm³/mol. The minimum atomic E-state index is 0.561. The highest BCUT2D eigenvalue weighted by Gasteiger charge is 2.20. The van der Waals surface area contributed by atoms with Crippen LogP contribution in [0.4, 0.5) is 0 Å². The van der Waals surface area contributed by atoms with E-state index in [9.17, 15) is 0 Å². The third kappa shape index (κ3) is 5.19. The van der Waals surface area contributed by atoms with Gasteiger partial charge in [0.1, 0.15) is 11.2 Å². The summed E-state index contributed by atoms with van der Waals surface area (Å²) in [4.78, 5) is 15.2. The quantitative estimate of drug-likeness (QED) is 0.168. The lowest BCUT2D eigenvalue weighted by Crippen LogP contribution is -2.00. The van der Waals surface area contributed by atoms with E-state index in [4.69, 9.17) is 19.4 Å². The molecule has 256 valence electrons. The first-order valence-corrected chi connectivity index (χ1v) is 18.5. The second-order valence-corrected chi connectivity index (χ2v) is 13.9. The van der Waals surface area contributed by atoms with E-state index in [1.165, 1.54) is 32.3 Å². The van der Waals surface area contributed by atoms with Gasteiger partial charge in [-0.15, -0.1) is 0 Å². The molecule has 0 radical (unpaired) electrons. The van der Waals surface area contributed by atoms with Crippen molar-refractivity contribution >= 4 is 54.3 Å². The van der Waals surface area contributed by atoms with Crippen LogP contribution in [0.15, 0.2) is 192 Å². The van der Waals surface area contributed by atoms with Crippen molar-refractivity contribution in [3.05, 3.63) is 188 Å². The van der Waals surface area contributed by atoms with E-state index in [0.29, 0.717) is 17.5 Å². The van der Waals surface area contributed by atoms with Gasteiger partial charge in [0, 0.05) is 21.9 Å². The Kier molecular flexibility index (Phi) is 7.14. The van der Waals surface area contributed by atoms with Crippen LogP contribution in [0.5, 0.6) is 0 Å². The maximum Gasteiger partial charge on any atom is 0.167 e. The van der Waals surface area contributed by atoms with Crippen molar-refractivity contribution in [2.75, 3.05) is 0 Å². The highest BCUT2D eigenvalue weighted by molar-refractivity contribution is 6.26. The van der Waals surface area contributed by atoms with Gasteiger partial charge in [-0.25, -0.2) is 15.0 Å². The average molecular weight is 702 g/mol. The molecule has 0 aliphatic carbocycles. The molecule has 2 heterocycles. The largest absolute Gasteiger partial charge is 0.455 e. The molecule has 0 unspecified atom stereocenters. The Morgan fingerprint density at radius 3 is 1.42 bits per heavy atom. The molecule has 55 heavy (non-hydrogen) atoms. The van der Waals surface area contributed by atoms with Gasteiger partial charge in [-0.05, 0) is 72.8 Å². The summed E-state index contributed by atoms with van der Waals surface area (Å²) in [6.07, 6.45) is 0. The number of hydrogen-bond acceptors (Lipinski definition) is 4. The predicted octanol–water partition coefficient (Wildman–Crippen LogP) is 13.6. The normalized spacial score (nSPS) is 11.6. The average Bonchev–Trinajstić information content (AvgIpc) is 3.66. The zero-order valence-electron chi connectivity index (χ0n) is 29.6. The number of rotatable bonds is 5. The third-order valence-corrected chi connectivity index (χ3v) is 10.7. The molecule has 11 aromatic rings. The van der Waals surface area contributed by atoms with E-state index in [-0.39, 0.29) is 0 Å². The van der Waals surface area contributed by atoms with E-state index in [0.717, 1.165) is 60.9 Å². The van der Waals surface area contributed by atoms with Crippen molar-refractivity contribution in [3.63, 3.8) is 0 Å². The lowest BCUT2D eigenvalue weighted by atomic mass is 9.91. The van der Waals surface area contributed by atoms with Gasteiger partial charge in [0.15, 0.2) is 17.5 Å². The van der Waals surface area contributed by atoms with Crippen molar-refractivity contribution < 1.29 is 4.42 Å². The highest BCUT2D eigenvalue weighted by atomic mass is 16.3. The van der Waals surface area contributed by atoms with Crippen LogP contribution < -0.4 is 0 Å². The Labute approximate surface area is 317 Å². The minimum absolute atomic E-state index is 0.561. The lowest BCUT2D eigenvalue weighted by Gasteiger charge is -2.12. The molecule has 4 nitrogen and oxygen atoms in total. The summed E-state index contributed by atoms with van der Waals surface area (Å²) in [6.45, 7) is 0. The van der Waals surface area contributed by atoms with E-state index in [1.807, 2.05) is 42.5 Å². The number of aromatic nitrogens is 3. The number of para-hydroxylation sites is 1. The third-order valence-electron chi connectivity index (χ3n) is 10.7. The fraction of sp³-hybridized carbons (Fsp3) is 0. The Balaban J connectivity index is 1.09. The summed E-state index contributed by atoms with van der Waals surface area (Å²) in [5.41, 5.74) is 8.77. The molecule has 0 fully saturated rings. The van der Waals surface area contributed by atoms with E-state index >= 15 is 0 Å². The SMILES string of the molecule is c1ccc(-c2ccc(-c3nc(-c4ccccc4)nc(-c4cccc5c4oc4cccc(-c6ccc7c8ccccc8c8ccccc8c7c6)c45)n3)cc2)cc1. The Morgan fingerprint density at radius 1 is 0.291 bits per heavy atom. The van der Waals surface area contributed by atoms with Crippen molar-refractivity contribution in [3.8, 4) is 56.4 Å². The summed E-state index contributed by atoms with van der Waals surface area (Å²) in [7, 11) is 0. The number of fused-ring (bicyclic) bond motifs is 9. The van der Waals surface area contributed by atoms with Crippen LogP contribution in [-0.2, 0) is 0 Å². The van der Waals surface area contributed by atoms with Crippen molar-refractivity contribution in [1.29, 1.82) is 0 Å². The molecule has 0 bridgehead atoms. The molecule has 0 aliphatic rings. The molecular formula is C51H31N3O. The minimum Gasteiger partial charge on any atom is -0.455 e. The topological polar surface area (TPSA) is 51.8 Å². The fourth-order valence-electron chi connectivity index (χ4n) is 8.12. The Hall–Kier alpha value is -7.43. The molecule has 9 aromatic carbocycles. The molecule has 0 atom stereocenters. The summed E-state index contributed by atoms with van der Waals surface area (Å²) in [6, 6.07) is 65.7. The van der Waals surface area contributed by atoms with Gasteiger partial charge >= 0.3 is 0 Å².